The van der Waals surface area contributed by atoms with Gasteiger partial charge in [0.1, 0.15) is 0 Å². The molecule has 3 rings (SSSR count). The zero-order valence-corrected chi connectivity index (χ0v) is 13.9. The number of aromatic nitrogens is 2. The number of nitrogens with one attached hydrogen (secondary N) is 1. The maximum absolute atomic E-state index is 12.0. The largest absolute Gasteiger partial charge is 0.351 e. The van der Waals surface area contributed by atoms with Gasteiger partial charge in [-0.05, 0) is 30.9 Å². The van der Waals surface area contributed by atoms with Crippen molar-refractivity contribution >= 4 is 33.5 Å². The number of hydrogen-bond acceptors (Lipinski definition) is 5. The Morgan fingerprint density at radius 3 is 2.82 bits per heavy atom. The highest BCUT2D eigenvalue weighted by molar-refractivity contribution is 7.15. The van der Waals surface area contributed by atoms with Gasteiger partial charge in [-0.2, -0.15) is 0 Å². The third kappa shape index (κ3) is 2.95. The molecule has 0 aliphatic heterocycles. The van der Waals surface area contributed by atoms with Crippen molar-refractivity contribution in [3.05, 3.63) is 55.1 Å². The molecule has 0 bridgehead atoms. The Balaban J connectivity index is 1.70. The average Bonchev–Trinajstić information content (AvgIpc) is 3.05. The van der Waals surface area contributed by atoms with Gasteiger partial charge in [-0.3, -0.25) is 14.0 Å². The molecule has 0 atom stereocenters. The quantitative estimate of drug-likeness (QED) is 0.797. The van der Waals surface area contributed by atoms with Crippen LogP contribution in [0.3, 0.4) is 0 Å². The number of fused-ring (bicyclic) bond motifs is 1. The number of carbonyl (C=O) groups excluding carboxylic acids is 1. The van der Waals surface area contributed by atoms with Gasteiger partial charge in [-0.15, -0.1) is 22.7 Å². The van der Waals surface area contributed by atoms with Gasteiger partial charge in [-0.25, -0.2) is 4.98 Å². The second-order valence-electron chi connectivity index (χ2n) is 5.07. The van der Waals surface area contributed by atoms with Crippen LogP contribution in [0.15, 0.2) is 27.7 Å². The fourth-order valence-corrected chi connectivity index (χ4v) is 3.99. The van der Waals surface area contributed by atoms with Gasteiger partial charge >= 0.3 is 0 Å². The summed E-state index contributed by atoms with van der Waals surface area (Å²) < 4.78 is 1.61. The highest BCUT2D eigenvalue weighted by Crippen LogP contribution is 2.14. The first-order valence-electron chi connectivity index (χ1n) is 6.85. The molecular weight excluding hydrogens is 318 g/mol. The lowest BCUT2D eigenvalue weighted by Crippen LogP contribution is -2.26. The van der Waals surface area contributed by atoms with E-state index >= 15 is 0 Å². The molecule has 0 aromatic carbocycles. The van der Waals surface area contributed by atoms with Crippen molar-refractivity contribution in [2.24, 2.45) is 0 Å². The van der Waals surface area contributed by atoms with Crippen LogP contribution < -0.4 is 10.9 Å². The van der Waals surface area contributed by atoms with Gasteiger partial charge in [0.25, 0.3) is 11.5 Å². The first kappa shape index (κ1) is 14.9. The number of aryl methyl sites for hydroxylation is 2. The molecule has 22 heavy (non-hydrogen) atoms. The molecule has 5 nitrogen and oxygen atoms in total. The molecule has 1 amide bonds. The van der Waals surface area contributed by atoms with E-state index in [1.54, 1.807) is 4.40 Å². The van der Waals surface area contributed by atoms with Crippen LogP contribution in [0.5, 0.6) is 0 Å². The third-order valence-electron chi connectivity index (χ3n) is 3.22. The van der Waals surface area contributed by atoms with E-state index in [2.05, 4.69) is 10.3 Å². The summed E-state index contributed by atoms with van der Waals surface area (Å²) in [7, 11) is 0. The fourth-order valence-electron chi connectivity index (χ4n) is 2.20. The summed E-state index contributed by atoms with van der Waals surface area (Å²) in [6.45, 7) is 4.26. The molecule has 7 heteroatoms. The summed E-state index contributed by atoms with van der Waals surface area (Å²) in [5.41, 5.74) is 2.62. The summed E-state index contributed by atoms with van der Waals surface area (Å²) in [6, 6.07) is 3.40. The predicted octanol–water partition coefficient (Wildman–Crippen LogP) is 2.41. The zero-order valence-electron chi connectivity index (χ0n) is 12.3. The predicted molar refractivity (Wildman–Crippen MR) is 89.2 cm³/mol. The molecule has 3 heterocycles. The van der Waals surface area contributed by atoms with Crippen LogP contribution in [0.1, 0.15) is 26.6 Å². The summed E-state index contributed by atoms with van der Waals surface area (Å²) in [5, 5.41) is 6.76. The number of hydrogen-bond donors (Lipinski definition) is 1. The van der Waals surface area contributed by atoms with E-state index < -0.39 is 0 Å². The maximum Gasteiger partial charge on any atom is 0.261 e. The van der Waals surface area contributed by atoms with Crippen molar-refractivity contribution in [3.63, 3.8) is 0 Å². The van der Waals surface area contributed by atoms with Gasteiger partial charge in [0.2, 0.25) is 0 Å². The van der Waals surface area contributed by atoms with Crippen molar-refractivity contribution in [1.29, 1.82) is 0 Å². The van der Waals surface area contributed by atoms with Crippen LogP contribution in [0.2, 0.25) is 0 Å². The van der Waals surface area contributed by atoms with Crippen molar-refractivity contribution in [3.8, 4) is 0 Å². The van der Waals surface area contributed by atoms with Gasteiger partial charge in [0, 0.05) is 35.8 Å². The van der Waals surface area contributed by atoms with E-state index in [-0.39, 0.29) is 11.5 Å². The Morgan fingerprint density at radius 1 is 1.27 bits per heavy atom. The molecule has 1 N–H and O–H groups in total. The van der Waals surface area contributed by atoms with Crippen LogP contribution >= 0.6 is 22.7 Å². The first-order valence-corrected chi connectivity index (χ1v) is 8.60. The highest BCUT2D eigenvalue weighted by Gasteiger charge is 2.10. The molecule has 0 aliphatic carbocycles. The maximum atomic E-state index is 12.0. The fraction of sp³-hybridized carbons (Fsp3) is 0.267. The van der Waals surface area contributed by atoms with E-state index in [1.165, 1.54) is 28.7 Å². The second kappa shape index (κ2) is 6.02. The summed E-state index contributed by atoms with van der Waals surface area (Å²) in [5.74, 6) is -0.0704. The number of nitrogens with zero attached hydrogens (tertiary/aromatic N) is 2. The minimum Gasteiger partial charge on any atom is -0.351 e. The average molecular weight is 333 g/mol. The molecule has 0 saturated carbocycles. The lowest BCUT2D eigenvalue weighted by molar-refractivity contribution is 0.0958. The number of rotatable bonds is 4. The topological polar surface area (TPSA) is 63.5 Å². The van der Waals surface area contributed by atoms with Crippen LogP contribution in [0.4, 0.5) is 0 Å². The summed E-state index contributed by atoms with van der Waals surface area (Å²) >= 11 is 2.88. The number of amides is 1. The molecule has 0 unspecified atom stereocenters. The Morgan fingerprint density at radius 2 is 2.09 bits per heavy atom. The van der Waals surface area contributed by atoms with E-state index in [4.69, 9.17) is 0 Å². The van der Waals surface area contributed by atoms with Gasteiger partial charge in [0.15, 0.2) is 4.96 Å². The van der Waals surface area contributed by atoms with E-state index in [0.29, 0.717) is 22.8 Å². The van der Waals surface area contributed by atoms with Gasteiger partial charge < -0.3 is 5.32 Å². The van der Waals surface area contributed by atoms with Gasteiger partial charge in [-0.1, -0.05) is 0 Å². The molecule has 3 aromatic rings. The minimum absolute atomic E-state index is 0.0704. The zero-order chi connectivity index (χ0) is 15.7. The first-order chi connectivity index (χ1) is 10.5. The van der Waals surface area contributed by atoms with Crippen LogP contribution in [-0.4, -0.2) is 21.8 Å². The normalized spacial score (nSPS) is 11.0. The highest BCUT2D eigenvalue weighted by atomic mass is 32.1. The molecule has 0 aliphatic rings. The Bertz CT molecular complexity index is 892. The summed E-state index contributed by atoms with van der Waals surface area (Å²) in [6.07, 6.45) is 0.598. The minimum atomic E-state index is -0.0704. The number of carbonyl (C=O) groups is 1. The van der Waals surface area contributed by atoms with Crippen LogP contribution in [0, 0.1) is 13.8 Å². The Hall–Kier alpha value is -1.99. The van der Waals surface area contributed by atoms with Crippen molar-refractivity contribution < 1.29 is 4.79 Å². The molecule has 0 saturated heterocycles. The third-order valence-corrected chi connectivity index (χ3v) is 5.15. The SMILES string of the molecule is Cc1csc(C(=O)NCCc2csc3nc(C)cc(=O)n23)c1. The molecular formula is C15H15N3O2S2. The molecule has 0 spiro atoms. The van der Waals surface area contributed by atoms with Gasteiger partial charge in [0.05, 0.1) is 4.88 Å². The molecule has 0 radical (unpaired) electrons. The Kier molecular flexibility index (Phi) is 4.08. The van der Waals surface area contributed by atoms with E-state index in [0.717, 1.165) is 17.0 Å². The summed E-state index contributed by atoms with van der Waals surface area (Å²) in [4.78, 5) is 29.8. The van der Waals surface area contributed by atoms with Crippen LogP contribution in [-0.2, 0) is 6.42 Å². The van der Waals surface area contributed by atoms with E-state index in [9.17, 15) is 9.59 Å². The number of thiophene rings is 1. The van der Waals surface area contributed by atoms with E-state index in [1.807, 2.05) is 30.7 Å². The molecule has 0 fully saturated rings. The smallest absolute Gasteiger partial charge is 0.261 e. The lowest BCUT2D eigenvalue weighted by Gasteiger charge is -2.04. The van der Waals surface area contributed by atoms with Crippen molar-refractivity contribution in [2.45, 2.75) is 20.3 Å². The van der Waals surface area contributed by atoms with Crippen molar-refractivity contribution in [2.75, 3.05) is 6.54 Å². The second-order valence-corrected chi connectivity index (χ2v) is 6.82. The molecule has 3 aromatic heterocycles. The monoisotopic (exact) mass is 333 g/mol. The van der Waals surface area contributed by atoms with Crippen LogP contribution in [0.25, 0.3) is 4.96 Å². The van der Waals surface area contributed by atoms with Crippen molar-refractivity contribution in [1.82, 2.24) is 14.7 Å². The lowest BCUT2D eigenvalue weighted by atomic mass is 10.3. The number of thiazole rings is 1. The standard InChI is InChI=1S/C15H15N3O2S2/c1-9-5-12(21-7-9)14(20)16-4-3-11-8-22-15-17-10(2)6-13(19)18(11)15/h5-8H,3-4H2,1-2H3,(H,16,20). The molecule has 114 valence electrons. The Labute approximate surface area is 135 Å².